The molecule has 0 N–H and O–H groups in total. The number of furan rings is 1. The summed E-state index contributed by atoms with van der Waals surface area (Å²) in [4.78, 5) is 42.6. The molecule has 3 amide bonds. The smallest absolute Gasteiger partial charge is 0.341 e. The molecule has 1 aromatic rings. The highest BCUT2D eigenvalue weighted by atomic mass is 16.5. The number of methoxy groups -OCH3 is 1. The Labute approximate surface area is 165 Å². The van der Waals surface area contributed by atoms with E-state index < -0.39 is 5.97 Å². The van der Waals surface area contributed by atoms with Crippen LogP contribution in [-0.2, 0) is 16.1 Å². The third-order valence-corrected chi connectivity index (χ3v) is 5.56. The number of ether oxygens (including phenoxy) is 1. The number of aryl methyl sites for hydroxylation is 1. The van der Waals surface area contributed by atoms with Gasteiger partial charge in [-0.25, -0.2) is 9.59 Å². The van der Waals surface area contributed by atoms with Gasteiger partial charge >= 0.3 is 12.0 Å². The molecule has 0 spiro atoms. The van der Waals surface area contributed by atoms with Crippen molar-refractivity contribution in [3.63, 3.8) is 0 Å². The van der Waals surface area contributed by atoms with Gasteiger partial charge in [0, 0.05) is 33.2 Å². The van der Waals surface area contributed by atoms with Gasteiger partial charge in [0.2, 0.25) is 5.91 Å². The molecule has 8 nitrogen and oxygen atoms in total. The molecule has 0 bridgehead atoms. The van der Waals surface area contributed by atoms with Crippen molar-refractivity contribution in [3.05, 3.63) is 23.2 Å². The van der Waals surface area contributed by atoms with Crippen LogP contribution in [0.25, 0.3) is 0 Å². The zero-order valence-corrected chi connectivity index (χ0v) is 16.9. The number of hydrogen-bond acceptors (Lipinski definition) is 5. The van der Waals surface area contributed by atoms with E-state index in [1.807, 2.05) is 9.80 Å². The number of nitrogens with zero attached hydrogens (tertiary/aromatic N) is 3. The summed E-state index contributed by atoms with van der Waals surface area (Å²) in [6.07, 6.45) is 3.72. The van der Waals surface area contributed by atoms with E-state index in [-0.39, 0.29) is 24.4 Å². The van der Waals surface area contributed by atoms with Crippen LogP contribution in [0.3, 0.4) is 0 Å². The molecule has 154 valence electrons. The molecule has 1 atom stereocenters. The highest BCUT2D eigenvalue weighted by Crippen LogP contribution is 2.23. The van der Waals surface area contributed by atoms with Crippen LogP contribution < -0.4 is 0 Å². The molecule has 0 unspecified atom stereocenters. The van der Waals surface area contributed by atoms with E-state index in [1.54, 1.807) is 24.9 Å². The van der Waals surface area contributed by atoms with Crippen molar-refractivity contribution in [3.8, 4) is 0 Å². The van der Waals surface area contributed by atoms with Gasteiger partial charge in [0.05, 0.1) is 19.6 Å². The summed E-state index contributed by atoms with van der Waals surface area (Å²) in [5.41, 5.74) is 0.374. The molecule has 8 heteroatoms. The molecule has 2 fully saturated rings. The van der Waals surface area contributed by atoms with E-state index in [4.69, 9.17) is 9.15 Å². The van der Waals surface area contributed by atoms with Crippen molar-refractivity contribution in [1.82, 2.24) is 14.7 Å². The summed E-state index contributed by atoms with van der Waals surface area (Å²) in [6.45, 7) is 4.77. The first-order valence-corrected chi connectivity index (χ1v) is 9.87. The van der Waals surface area contributed by atoms with Crippen molar-refractivity contribution in [2.75, 3.05) is 40.3 Å². The predicted octanol–water partition coefficient (Wildman–Crippen LogP) is 2.26. The summed E-state index contributed by atoms with van der Waals surface area (Å²) in [6, 6.07) is 1.68. The summed E-state index contributed by atoms with van der Waals surface area (Å²) < 4.78 is 10.3. The number of likely N-dealkylation sites (tertiary alicyclic amines) is 2. The van der Waals surface area contributed by atoms with E-state index in [2.05, 4.69) is 0 Å². The lowest BCUT2D eigenvalue weighted by molar-refractivity contribution is -0.136. The monoisotopic (exact) mass is 391 g/mol. The van der Waals surface area contributed by atoms with Gasteiger partial charge in [-0.05, 0) is 38.7 Å². The number of piperidine rings is 1. The minimum Gasteiger partial charge on any atom is -0.465 e. The van der Waals surface area contributed by atoms with Crippen LogP contribution >= 0.6 is 0 Å². The molecular formula is C20H29N3O5. The first kappa shape index (κ1) is 20.2. The number of rotatable bonds is 4. The van der Waals surface area contributed by atoms with Gasteiger partial charge in [-0.3, -0.25) is 4.79 Å². The van der Waals surface area contributed by atoms with Crippen LogP contribution in [0.2, 0.25) is 0 Å². The molecule has 2 aliphatic heterocycles. The topological polar surface area (TPSA) is 83.3 Å². The third-order valence-electron chi connectivity index (χ3n) is 5.56. The second-order valence-corrected chi connectivity index (χ2v) is 7.63. The van der Waals surface area contributed by atoms with Gasteiger partial charge in [-0.15, -0.1) is 0 Å². The molecule has 28 heavy (non-hydrogen) atoms. The Morgan fingerprint density at radius 1 is 1.18 bits per heavy atom. The SMILES string of the molecule is COC(=O)c1cc(CN(C)C(=O)[C@H]2CCCN(C(=O)N3CCCC3)C2)oc1C. The molecule has 1 aromatic heterocycles. The Balaban J connectivity index is 1.59. The molecule has 3 heterocycles. The zero-order valence-electron chi connectivity index (χ0n) is 16.9. The largest absolute Gasteiger partial charge is 0.465 e. The van der Waals surface area contributed by atoms with Crippen molar-refractivity contribution < 1.29 is 23.5 Å². The predicted molar refractivity (Wildman–Crippen MR) is 102 cm³/mol. The van der Waals surface area contributed by atoms with Crippen LogP contribution in [0.4, 0.5) is 4.79 Å². The fraction of sp³-hybridized carbons (Fsp3) is 0.650. The summed E-state index contributed by atoms with van der Waals surface area (Å²) >= 11 is 0. The van der Waals surface area contributed by atoms with Crippen molar-refractivity contribution in [1.29, 1.82) is 0 Å². The minimum absolute atomic E-state index is 0.00686. The number of carbonyl (C=O) groups excluding carboxylic acids is 3. The maximum Gasteiger partial charge on any atom is 0.341 e. The van der Waals surface area contributed by atoms with Gasteiger partial charge in [0.25, 0.3) is 0 Å². The van der Waals surface area contributed by atoms with Gasteiger partial charge < -0.3 is 23.9 Å². The van der Waals surface area contributed by atoms with Gasteiger partial charge in [-0.2, -0.15) is 0 Å². The molecule has 0 aromatic carbocycles. The van der Waals surface area contributed by atoms with E-state index in [0.717, 1.165) is 38.8 Å². The van der Waals surface area contributed by atoms with E-state index >= 15 is 0 Å². The molecule has 2 saturated heterocycles. The Kier molecular flexibility index (Phi) is 6.26. The van der Waals surface area contributed by atoms with Crippen LogP contribution in [0.1, 0.15) is 47.6 Å². The quantitative estimate of drug-likeness (QED) is 0.735. The highest BCUT2D eigenvalue weighted by Gasteiger charge is 2.33. The number of carbonyl (C=O) groups is 3. The van der Waals surface area contributed by atoms with E-state index in [9.17, 15) is 14.4 Å². The standard InChI is InChI=1S/C20H29N3O5/c1-14-17(19(25)27-3)11-16(28-14)13-21(2)18(24)15-7-6-10-23(12-15)20(26)22-8-4-5-9-22/h11,15H,4-10,12-13H2,1-3H3/t15-/m0/s1. The van der Waals surface area contributed by atoms with Crippen molar-refractivity contribution in [2.24, 2.45) is 5.92 Å². The normalized spacial score (nSPS) is 19.6. The number of amides is 3. The molecule has 3 rings (SSSR count). The molecule has 0 aliphatic carbocycles. The van der Waals surface area contributed by atoms with Crippen LogP contribution in [0.15, 0.2) is 10.5 Å². The second-order valence-electron chi connectivity index (χ2n) is 7.63. The maximum absolute atomic E-state index is 12.9. The summed E-state index contributed by atoms with van der Waals surface area (Å²) in [5.74, 6) is 0.344. The average molecular weight is 391 g/mol. The average Bonchev–Trinajstić information content (AvgIpc) is 3.36. The Hall–Kier alpha value is -2.51. The highest BCUT2D eigenvalue weighted by molar-refractivity contribution is 5.90. The lowest BCUT2D eigenvalue weighted by Crippen LogP contribution is -2.49. The van der Waals surface area contributed by atoms with Crippen molar-refractivity contribution >= 4 is 17.9 Å². The fourth-order valence-electron chi connectivity index (χ4n) is 4.02. The second kappa shape index (κ2) is 8.67. The number of hydrogen-bond donors (Lipinski definition) is 0. The molecule has 0 saturated carbocycles. The van der Waals surface area contributed by atoms with E-state index in [0.29, 0.717) is 30.2 Å². The lowest BCUT2D eigenvalue weighted by atomic mass is 9.96. The van der Waals surface area contributed by atoms with E-state index in [1.165, 1.54) is 7.11 Å². The summed E-state index contributed by atoms with van der Waals surface area (Å²) in [7, 11) is 3.04. The first-order chi connectivity index (χ1) is 13.4. The lowest BCUT2D eigenvalue weighted by Gasteiger charge is -2.35. The van der Waals surface area contributed by atoms with Gasteiger partial charge in [-0.1, -0.05) is 0 Å². The first-order valence-electron chi connectivity index (χ1n) is 9.87. The van der Waals surface area contributed by atoms with Crippen LogP contribution in [0, 0.1) is 12.8 Å². The Morgan fingerprint density at radius 3 is 2.54 bits per heavy atom. The third kappa shape index (κ3) is 4.31. The Morgan fingerprint density at radius 2 is 1.86 bits per heavy atom. The van der Waals surface area contributed by atoms with Gasteiger partial charge in [0.15, 0.2) is 0 Å². The number of esters is 1. The minimum atomic E-state index is -0.454. The van der Waals surface area contributed by atoms with Crippen LogP contribution in [-0.4, -0.2) is 72.9 Å². The molecule has 2 aliphatic rings. The zero-order chi connectivity index (χ0) is 20.3. The molecular weight excluding hydrogens is 362 g/mol. The summed E-state index contributed by atoms with van der Waals surface area (Å²) in [5, 5.41) is 0. The number of urea groups is 1. The van der Waals surface area contributed by atoms with Crippen molar-refractivity contribution in [2.45, 2.75) is 39.2 Å². The van der Waals surface area contributed by atoms with Crippen LogP contribution in [0.5, 0.6) is 0 Å². The fourth-order valence-corrected chi connectivity index (χ4v) is 4.02. The Bertz CT molecular complexity index is 738. The maximum atomic E-state index is 12.9. The van der Waals surface area contributed by atoms with Gasteiger partial charge in [0.1, 0.15) is 17.1 Å². The molecule has 0 radical (unpaired) electrons.